The van der Waals surface area contributed by atoms with E-state index in [1.807, 2.05) is 0 Å². The standard InChI is InChI=1S/C10H20/c1-4-7-9-10(6-3)8-5-2/h9H,4-8H2,1-3H3/b10-9-/i3D,9D. The summed E-state index contributed by atoms with van der Waals surface area (Å²) in [5.74, 6) is 0. The van der Waals surface area contributed by atoms with Crippen molar-refractivity contribution >= 4 is 0 Å². The maximum absolute atomic E-state index is 7.73. The zero-order valence-corrected chi connectivity index (χ0v) is 7.24. The quantitative estimate of drug-likeness (QED) is 0.510. The van der Waals surface area contributed by atoms with Crippen LogP contribution in [0.3, 0.4) is 0 Å². The van der Waals surface area contributed by atoms with Crippen LogP contribution in [0, 0.1) is 0 Å². The molecule has 0 heteroatoms. The Kier molecular flexibility index (Phi) is 4.42. The van der Waals surface area contributed by atoms with Crippen LogP contribution >= 0.6 is 0 Å². The zero-order chi connectivity index (χ0) is 9.40. The van der Waals surface area contributed by atoms with E-state index in [4.69, 9.17) is 2.74 Å². The van der Waals surface area contributed by atoms with Crippen molar-refractivity contribution in [2.24, 2.45) is 0 Å². The van der Waals surface area contributed by atoms with Gasteiger partial charge in [0.1, 0.15) is 0 Å². The highest BCUT2D eigenvalue weighted by molar-refractivity contribution is 5.00. The van der Waals surface area contributed by atoms with Crippen molar-refractivity contribution in [3.05, 3.63) is 11.6 Å². The summed E-state index contributed by atoms with van der Waals surface area (Å²) in [6, 6.07) is 0.784. The average Bonchev–Trinajstić information content (AvgIpc) is 2.04. The average molecular weight is 142 g/mol. The molecule has 0 spiro atoms. The molecule has 0 rings (SSSR count). The summed E-state index contributed by atoms with van der Waals surface area (Å²) < 4.78 is 14.9. The lowest BCUT2D eigenvalue weighted by Gasteiger charge is -2.00. The minimum Gasteiger partial charge on any atom is -0.0854 e. The van der Waals surface area contributed by atoms with Crippen LogP contribution in [-0.4, -0.2) is 0 Å². The van der Waals surface area contributed by atoms with Gasteiger partial charge in [0.25, 0.3) is 0 Å². The highest BCUT2D eigenvalue weighted by Crippen LogP contribution is 2.10. The largest absolute Gasteiger partial charge is 0.0854 e. The molecule has 0 aromatic rings. The Balaban J connectivity index is 4.11. The fourth-order valence-corrected chi connectivity index (χ4v) is 0.905. The number of allylic oxidation sites excluding steroid dienone is 2. The molecule has 0 bridgehead atoms. The molecule has 10 heavy (non-hydrogen) atoms. The van der Waals surface area contributed by atoms with Crippen LogP contribution in [-0.2, 0) is 0 Å². The van der Waals surface area contributed by atoms with Crippen LogP contribution in [0.4, 0.5) is 0 Å². The minimum absolute atomic E-state index is 0.432. The van der Waals surface area contributed by atoms with Crippen molar-refractivity contribution in [2.45, 2.75) is 52.9 Å². The van der Waals surface area contributed by atoms with E-state index < -0.39 is 0 Å². The molecular formula is C10H20. The number of hydrogen-bond donors (Lipinski definition) is 0. The monoisotopic (exact) mass is 142 g/mol. The first-order valence-corrected chi connectivity index (χ1v) is 4.22. The third-order valence-electron chi connectivity index (χ3n) is 1.48. The van der Waals surface area contributed by atoms with Gasteiger partial charge < -0.3 is 0 Å². The molecule has 0 heterocycles. The fourth-order valence-electron chi connectivity index (χ4n) is 0.905. The summed E-state index contributed by atoms with van der Waals surface area (Å²) in [5.41, 5.74) is 1.20. The van der Waals surface area contributed by atoms with Crippen molar-refractivity contribution in [2.75, 3.05) is 0 Å². The third-order valence-corrected chi connectivity index (χ3v) is 1.48. The highest BCUT2D eigenvalue weighted by Gasteiger charge is 1.89. The smallest absolute Gasteiger partial charge is 0.0575 e. The topological polar surface area (TPSA) is 0 Å². The highest BCUT2D eigenvalue weighted by atomic mass is 14.0. The van der Waals surface area contributed by atoms with Gasteiger partial charge in [-0.3, -0.25) is 0 Å². The van der Waals surface area contributed by atoms with E-state index in [2.05, 4.69) is 13.8 Å². The van der Waals surface area contributed by atoms with Crippen molar-refractivity contribution in [1.29, 1.82) is 0 Å². The van der Waals surface area contributed by atoms with Gasteiger partial charge in [-0.05, 0) is 19.3 Å². The molecule has 0 amide bonds. The van der Waals surface area contributed by atoms with Crippen LogP contribution in [0.2, 0.25) is 0 Å². The Morgan fingerprint density at radius 2 is 2.30 bits per heavy atom. The van der Waals surface area contributed by atoms with E-state index in [1.54, 1.807) is 0 Å². The van der Waals surface area contributed by atoms with Gasteiger partial charge in [-0.15, -0.1) is 0 Å². The van der Waals surface area contributed by atoms with E-state index in [-0.39, 0.29) is 0 Å². The lowest BCUT2D eigenvalue weighted by Crippen LogP contribution is -1.79. The lowest BCUT2D eigenvalue weighted by atomic mass is 10.1. The second-order valence-electron chi connectivity index (χ2n) is 2.53. The molecule has 0 saturated carbocycles. The van der Waals surface area contributed by atoms with Crippen LogP contribution < -0.4 is 0 Å². The Hall–Kier alpha value is -0.260. The molecule has 0 radical (unpaired) electrons. The van der Waals surface area contributed by atoms with E-state index in [1.165, 1.54) is 5.57 Å². The summed E-state index contributed by atoms with van der Waals surface area (Å²) in [6.07, 6.45) is 4.84. The van der Waals surface area contributed by atoms with Crippen molar-refractivity contribution in [3.63, 3.8) is 0 Å². The molecule has 0 atom stereocenters. The molecule has 0 aliphatic heterocycles. The first kappa shape index (κ1) is 6.45. The summed E-state index contributed by atoms with van der Waals surface area (Å²) in [6.45, 7) is 4.66. The molecule has 0 aliphatic rings. The zero-order valence-electron chi connectivity index (χ0n) is 9.24. The van der Waals surface area contributed by atoms with Crippen LogP contribution in [0.15, 0.2) is 11.6 Å². The second-order valence-corrected chi connectivity index (χ2v) is 2.53. The predicted molar refractivity (Wildman–Crippen MR) is 48.2 cm³/mol. The summed E-state index contributed by atoms with van der Waals surface area (Å²) >= 11 is 0. The molecule has 0 nitrogen and oxygen atoms in total. The lowest BCUT2D eigenvalue weighted by molar-refractivity contribution is 0.835. The van der Waals surface area contributed by atoms with Crippen LogP contribution in [0.25, 0.3) is 0 Å². The maximum Gasteiger partial charge on any atom is 0.0575 e. The molecule has 0 N–H and O–H groups in total. The molecule has 0 unspecified atom stereocenters. The van der Waals surface area contributed by atoms with Gasteiger partial charge in [0.15, 0.2) is 0 Å². The molecule has 0 aromatic carbocycles. The van der Waals surface area contributed by atoms with Gasteiger partial charge in [0.2, 0.25) is 0 Å². The Bertz CT molecular complexity index is 131. The normalized spacial score (nSPS) is 15.8. The maximum atomic E-state index is 7.73. The molecule has 60 valence electrons. The van der Waals surface area contributed by atoms with Crippen LogP contribution in [0.5, 0.6) is 0 Å². The van der Waals surface area contributed by atoms with Gasteiger partial charge in [0, 0.05) is 1.37 Å². The first-order chi connectivity index (χ1) is 5.76. The summed E-state index contributed by atoms with van der Waals surface area (Å²) in [4.78, 5) is 0. The van der Waals surface area contributed by atoms with Gasteiger partial charge in [-0.25, -0.2) is 0 Å². The van der Waals surface area contributed by atoms with Gasteiger partial charge >= 0.3 is 0 Å². The summed E-state index contributed by atoms with van der Waals surface area (Å²) in [7, 11) is 0. The van der Waals surface area contributed by atoms with E-state index in [0.29, 0.717) is 6.90 Å². The van der Waals surface area contributed by atoms with Crippen molar-refractivity contribution in [3.8, 4) is 0 Å². The number of rotatable bonds is 5. The van der Waals surface area contributed by atoms with E-state index in [0.717, 1.165) is 38.2 Å². The third kappa shape index (κ3) is 4.60. The van der Waals surface area contributed by atoms with Gasteiger partial charge in [0.05, 0.1) is 1.37 Å². The predicted octanol–water partition coefficient (Wildman–Crippen LogP) is 3.92. The Labute approximate surface area is 68.1 Å². The van der Waals surface area contributed by atoms with Crippen molar-refractivity contribution in [1.82, 2.24) is 0 Å². The van der Waals surface area contributed by atoms with Crippen molar-refractivity contribution < 1.29 is 2.74 Å². The Morgan fingerprint density at radius 1 is 1.50 bits per heavy atom. The van der Waals surface area contributed by atoms with Gasteiger partial charge in [-0.2, -0.15) is 0 Å². The molecule has 0 saturated heterocycles. The molecule has 0 fully saturated rings. The minimum atomic E-state index is 0.432. The van der Waals surface area contributed by atoms with Crippen LogP contribution in [0.1, 0.15) is 55.6 Å². The van der Waals surface area contributed by atoms with E-state index in [9.17, 15) is 0 Å². The molecule has 0 aliphatic carbocycles. The fraction of sp³-hybridized carbons (Fsp3) is 0.800. The SMILES string of the molecule is [2H]CC/C(CCC)=C(\[2H])CCC. The van der Waals surface area contributed by atoms with E-state index >= 15 is 0 Å². The Morgan fingerprint density at radius 3 is 2.80 bits per heavy atom. The second kappa shape index (κ2) is 6.85. The molecule has 0 aromatic heterocycles. The number of hydrogen-bond acceptors (Lipinski definition) is 0. The van der Waals surface area contributed by atoms with Gasteiger partial charge in [-0.1, -0.05) is 45.2 Å². The first-order valence-electron chi connectivity index (χ1n) is 5.43. The molecular weight excluding hydrogens is 120 g/mol. The summed E-state index contributed by atoms with van der Waals surface area (Å²) in [5, 5.41) is 0.